The number of nitrogens with two attached hydrogens (primary N) is 1. The van der Waals surface area contributed by atoms with Gasteiger partial charge in [0.15, 0.2) is 5.82 Å². The zero-order chi connectivity index (χ0) is 20.7. The first-order valence-corrected chi connectivity index (χ1v) is 9.98. The molecule has 0 bridgehead atoms. The lowest BCUT2D eigenvalue weighted by Crippen LogP contribution is -2.19. The molecule has 2 aromatic heterocycles. The van der Waals surface area contributed by atoms with E-state index in [9.17, 15) is 0 Å². The van der Waals surface area contributed by atoms with E-state index in [0.717, 1.165) is 5.39 Å². The smallest absolute Gasteiger partial charge is 0.220 e. The Morgan fingerprint density at radius 2 is 1.76 bits per heavy atom. The Hall–Kier alpha value is -2.51. The Morgan fingerprint density at radius 3 is 2.34 bits per heavy atom. The molecule has 3 aromatic rings. The molecule has 3 N–H and O–H groups in total. The highest BCUT2D eigenvalue weighted by molar-refractivity contribution is 6.41. The Labute approximate surface area is 178 Å². The molecule has 1 aliphatic carbocycles. The third kappa shape index (κ3) is 3.72. The first-order chi connectivity index (χ1) is 13.9. The number of pyridine rings is 1. The number of nitrogens with zero attached hydrogens (tertiary/aromatic N) is 3. The van der Waals surface area contributed by atoms with Gasteiger partial charge in [-0.05, 0) is 31.7 Å². The summed E-state index contributed by atoms with van der Waals surface area (Å²) < 4.78 is 10.8. The molecule has 1 fully saturated rings. The van der Waals surface area contributed by atoms with Crippen LogP contribution in [0.25, 0.3) is 22.2 Å². The highest BCUT2D eigenvalue weighted by Gasteiger charge is 2.29. The lowest BCUT2D eigenvalue weighted by Gasteiger charge is -2.18. The van der Waals surface area contributed by atoms with E-state index in [1.807, 2.05) is 6.07 Å². The van der Waals surface area contributed by atoms with Gasteiger partial charge in [0.1, 0.15) is 17.0 Å². The molecule has 9 heteroatoms. The first-order valence-electron chi connectivity index (χ1n) is 9.23. The van der Waals surface area contributed by atoms with Gasteiger partial charge in [0.2, 0.25) is 5.95 Å². The second-order valence-electron chi connectivity index (χ2n) is 7.08. The predicted molar refractivity (Wildman–Crippen MR) is 116 cm³/mol. The number of fused-ring (bicyclic) bond motifs is 1. The zero-order valence-corrected chi connectivity index (χ0v) is 17.8. The SMILES string of the molecule is COc1cc(OC)c(Cl)c(-c2cc3cnc(N)nc3c(N[C@@H](C)C3CC3)n2)c1Cl. The molecule has 0 radical (unpaired) electrons. The zero-order valence-electron chi connectivity index (χ0n) is 16.3. The Kier molecular flexibility index (Phi) is 5.27. The van der Waals surface area contributed by atoms with Crippen LogP contribution >= 0.6 is 23.2 Å². The summed E-state index contributed by atoms with van der Waals surface area (Å²) in [5, 5.41) is 4.94. The van der Waals surface area contributed by atoms with E-state index in [1.165, 1.54) is 27.1 Å². The molecule has 1 atom stereocenters. The molecule has 29 heavy (non-hydrogen) atoms. The molecule has 0 spiro atoms. The summed E-state index contributed by atoms with van der Waals surface area (Å²) in [5.74, 6) is 2.31. The number of nitrogen functional groups attached to an aromatic ring is 1. The minimum absolute atomic E-state index is 0.188. The number of halogens is 2. The maximum atomic E-state index is 6.60. The van der Waals surface area contributed by atoms with Crippen molar-refractivity contribution in [2.45, 2.75) is 25.8 Å². The normalized spacial score (nSPS) is 14.7. The van der Waals surface area contributed by atoms with Gasteiger partial charge < -0.3 is 20.5 Å². The third-order valence-electron chi connectivity index (χ3n) is 5.11. The van der Waals surface area contributed by atoms with Crippen LogP contribution in [-0.4, -0.2) is 35.2 Å². The number of aromatic nitrogens is 3. The number of nitrogens with one attached hydrogen (secondary N) is 1. The quantitative estimate of drug-likeness (QED) is 0.575. The largest absolute Gasteiger partial charge is 0.495 e. The maximum absolute atomic E-state index is 6.60. The minimum Gasteiger partial charge on any atom is -0.495 e. The van der Waals surface area contributed by atoms with Crippen molar-refractivity contribution in [2.24, 2.45) is 5.92 Å². The van der Waals surface area contributed by atoms with Crippen LogP contribution in [0.3, 0.4) is 0 Å². The molecule has 152 valence electrons. The second kappa shape index (κ2) is 7.72. The molecule has 1 saturated carbocycles. The average molecular weight is 434 g/mol. The van der Waals surface area contributed by atoms with Crippen molar-refractivity contribution >= 4 is 45.9 Å². The van der Waals surface area contributed by atoms with Gasteiger partial charge in [-0.25, -0.2) is 15.0 Å². The van der Waals surface area contributed by atoms with Gasteiger partial charge in [-0.3, -0.25) is 0 Å². The van der Waals surface area contributed by atoms with Crippen molar-refractivity contribution in [1.29, 1.82) is 0 Å². The van der Waals surface area contributed by atoms with E-state index in [2.05, 4.69) is 22.2 Å². The van der Waals surface area contributed by atoms with Crippen LogP contribution in [0.1, 0.15) is 19.8 Å². The molecule has 4 rings (SSSR count). The van der Waals surface area contributed by atoms with Gasteiger partial charge in [0, 0.05) is 29.3 Å². The highest BCUT2D eigenvalue weighted by Crippen LogP contribution is 2.46. The summed E-state index contributed by atoms with van der Waals surface area (Å²) in [6.07, 6.45) is 4.07. The Balaban J connectivity index is 1.94. The molecule has 0 amide bonds. The van der Waals surface area contributed by atoms with E-state index in [4.69, 9.17) is 43.4 Å². The van der Waals surface area contributed by atoms with Crippen LogP contribution in [0.2, 0.25) is 10.0 Å². The Morgan fingerprint density at radius 1 is 1.10 bits per heavy atom. The van der Waals surface area contributed by atoms with Crippen molar-refractivity contribution < 1.29 is 9.47 Å². The van der Waals surface area contributed by atoms with Crippen molar-refractivity contribution in [3.05, 3.63) is 28.4 Å². The van der Waals surface area contributed by atoms with Crippen molar-refractivity contribution in [1.82, 2.24) is 15.0 Å². The second-order valence-corrected chi connectivity index (χ2v) is 7.83. The van der Waals surface area contributed by atoms with Gasteiger partial charge in [0.25, 0.3) is 0 Å². The van der Waals surface area contributed by atoms with Gasteiger partial charge in [0.05, 0.1) is 30.0 Å². The van der Waals surface area contributed by atoms with Crippen LogP contribution in [0, 0.1) is 5.92 Å². The van der Waals surface area contributed by atoms with E-state index in [1.54, 1.807) is 12.3 Å². The monoisotopic (exact) mass is 433 g/mol. The molecule has 2 heterocycles. The fraction of sp³-hybridized carbons (Fsp3) is 0.350. The number of anilines is 2. The summed E-state index contributed by atoms with van der Waals surface area (Å²) in [6, 6.07) is 3.73. The highest BCUT2D eigenvalue weighted by atomic mass is 35.5. The van der Waals surface area contributed by atoms with Crippen molar-refractivity contribution in [3.63, 3.8) is 0 Å². The molecule has 0 aliphatic heterocycles. The van der Waals surface area contributed by atoms with Crippen molar-refractivity contribution in [2.75, 3.05) is 25.3 Å². The van der Waals surface area contributed by atoms with Crippen LogP contribution in [-0.2, 0) is 0 Å². The number of hydrogen-bond acceptors (Lipinski definition) is 7. The topological polar surface area (TPSA) is 95.2 Å². The van der Waals surface area contributed by atoms with Crippen molar-refractivity contribution in [3.8, 4) is 22.8 Å². The molecule has 0 saturated heterocycles. The van der Waals surface area contributed by atoms with E-state index >= 15 is 0 Å². The molecule has 1 aromatic carbocycles. The lowest BCUT2D eigenvalue weighted by atomic mass is 10.1. The molecular weight excluding hydrogens is 413 g/mol. The number of rotatable bonds is 6. The number of hydrogen-bond donors (Lipinski definition) is 2. The summed E-state index contributed by atoms with van der Waals surface area (Å²) in [7, 11) is 3.07. The van der Waals surface area contributed by atoms with Crippen LogP contribution < -0.4 is 20.5 Å². The standard InChI is InChI=1S/C20H21Cl2N5O2/c1-9(10-4-5-10)25-19-18-11(8-24-20(23)27-18)6-12(26-19)15-16(21)13(28-2)7-14(29-3)17(15)22/h6-10H,4-5H2,1-3H3,(H,25,26)(H2,23,24,27)/t9-/m0/s1. The van der Waals surface area contributed by atoms with Gasteiger partial charge in [-0.2, -0.15) is 0 Å². The third-order valence-corrected chi connectivity index (χ3v) is 5.86. The van der Waals surface area contributed by atoms with E-state index in [-0.39, 0.29) is 12.0 Å². The van der Waals surface area contributed by atoms with Crippen LogP contribution in [0.5, 0.6) is 11.5 Å². The first kappa shape index (κ1) is 19.8. The lowest BCUT2D eigenvalue weighted by molar-refractivity contribution is 0.395. The van der Waals surface area contributed by atoms with Gasteiger partial charge in [-0.1, -0.05) is 23.2 Å². The fourth-order valence-corrected chi connectivity index (χ4v) is 4.02. The summed E-state index contributed by atoms with van der Waals surface area (Å²) >= 11 is 13.2. The molecular formula is C20H21Cl2N5O2. The number of benzene rings is 1. The van der Waals surface area contributed by atoms with E-state index in [0.29, 0.717) is 50.1 Å². The minimum atomic E-state index is 0.188. The number of ether oxygens (including phenoxy) is 2. The predicted octanol–water partition coefficient (Wildman–Crippen LogP) is 4.81. The van der Waals surface area contributed by atoms with Gasteiger partial charge >= 0.3 is 0 Å². The maximum Gasteiger partial charge on any atom is 0.220 e. The molecule has 1 aliphatic rings. The Bertz CT molecular complexity index is 1060. The van der Waals surface area contributed by atoms with E-state index < -0.39 is 0 Å². The fourth-order valence-electron chi connectivity index (χ4n) is 3.32. The molecule has 0 unspecified atom stereocenters. The van der Waals surface area contributed by atoms with Gasteiger partial charge in [-0.15, -0.1) is 0 Å². The van der Waals surface area contributed by atoms with Crippen LogP contribution in [0.15, 0.2) is 18.3 Å². The molecule has 7 nitrogen and oxygen atoms in total. The van der Waals surface area contributed by atoms with Crippen LogP contribution in [0.4, 0.5) is 11.8 Å². The summed E-state index contributed by atoms with van der Waals surface area (Å²) in [4.78, 5) is 13.3. The summed E-state index contributed by atoms with van der Waals surface area (Å²) in [5.41, 5.74) is 7.54. The number of methoxy groups -OCH3 is 2. The summed E-state index contributed by atoms with van der Waals surface area (Å²) in [6.45, 7) is 2.14. The average Bonchev–Trinajstić information content (AvgIpc) is 3.54.